The van der Waals surface area contributed by atoms with Crippen molar-refractivity contribution in [1.82, 2.24) is 4.48 Å². The lowest BCUT2D eigenvalue weighted by Gasteiger charge is -2.37. The highest BCUT2D eigenvalue weighted by molar-refractivity contribution is 5.93. The Labute approximate surface area is 180 Å². The molecule has 0 amide bonds. The summed E-state index contributed by atoms with van der Waals surface area (Å²) in [5.74, 6) is 0. The number of quaternary nitrogens is 1. The van der Waals surface area contributed by atoms with E-state index in [1.807, 2.05) is 0 Å². The summed E-state index contributed by atoms with van der Waals surface area (Å²) in [4.78, 5) is 0. The maximum absolute atomic E-state index is 2.37. The van der Waals surface area contributed by atoms with Crippen molar-refractivity contribution >= 4 is 16.5 Å². The van der Waals surface area contributed by atoms with E-state index >= 15 is 0 Å². The average Bonchev–Trinajstić information content (AvgIpc) is 2.72. The van der Waals surface area contributed by atoms with E-state index in [4.69, 9.17) is 0 Å². The van der Waals surface area contributed by atoms with E-state index in [9.17, 15) is 0 Å². The van der Waals surface area contributed by atoms with Crippen molar-refractivity contribution in [3.63, 3.8) is 0 Å². The third-order valence-corrected chi connectivity index (χ3v) is 6.43. The van der Waals surface area contributed by atoms with Gasteiger partial charge in [-0.25, -0.2) is 0 Å². The number of halogens is 1. The molecular formula is C26H42ClN. The lowest BCUT2D eigenvalue weighted by molar-refractivity contribution is -0.00000575. The highest BCUT2D eigenvalue weighted by Gasteiger charge is 2.27. The van der Waals surface area contributed by atoms with Gasteiger partial charge in [0.25, 0.3) is 0 Å². The molecular weight excluding hydrogens is 362 g/mol. The van der Waals surface area contributed by atoms with Crippen LogP contribution in [0.1, 0.15) is 85.0 Å². The molecule has 0 spiro atoms. The molecule has 158 valence electrons. The van der Waals surface area contributed by atoms with Crippen LogP contribution in [0.25, 0.3) is 10.8 Å². The molecule has 0 aromatic heterocycles. The van der Waals surface area contributed by atoms with Crippen LogP contribution < -0.4 is 16.9 Å². The Morgan fingerprint density at radius 2 is 1.14 bits per heavy atom. The first-order chi connectivity index (χ1) is 13.3. The zero-order chi connectivity index (χ0) is 19.4. The van der Waals surface area contributed by atoms with Crippen molar-refractivity contribution < 1.29 is 12.4 Å². The molecule has 0 saturated heterocycles. The second-order valence-corrected chi connectivity index (χ2v) is 8.18. The van der Waals surface area contributed by atoms with Crippen molar-refractivity contribution in [2.45, 2.75) is 85.0 Å². The minimum absolute atomic E-state index is 0. The summed E-state index contributed by atoms with van der Waals surface area (Å²) in [5.41, 5.74) is 1.52. The Bertz CT molecular complexity index is 642. The van der Waals surface area contributed by atoms with Gasteiger partial charge in [0.05, 0.1) is 19.6 Å². The van der Waals surface area contributed by atoms with Crippen molar-refractivity contribution in [3.05, 3.63) is 42.5 Å². The van der Waals surface area contributed by atoms with E-state index in [2.05, 4.69) is 63.2 Å². The molecule has 0 atom stereocenters. The van der Waals surface area contributed by atoms with Crippen LogP contribution in [-0.2, 0) is 0 Å². The van der Waals surface area contributed by atoms with Gasteiger partial charge in [-0.15, -0.1) is 0 Å². The summed E-state index contributed by atoms with van der Waals surface area (Å²) >= 11 is 0. The topological polar surface area (TPSA) is 0 Å². The summed E-state index contributed by atoms with van der Waals surface area (Å²) in [6, 6.07) is 15.8. The number of benzene rings is 2. The molecule has 0 saturated carbocycles. The maximum atomic E-state index is 2.37. The van der Waals surface area contributed by atoms with Gasteiger partial charge in [0.15, 0.2) is 0 Å². The Hall–Kier alpha value is -1.05. The van der Waals surface area contributed by atoms with E-state index in [0.717, 1.165) is 4.48 Å². The number of hydrogen-bond donors (Lipinski definition) is 0. The fraction of sp³-hybridized carbons (Fsp3) is 0.615. The molecule has 0 N–H and O–H groups in total. The molecule has 0 radical (unpaired) electrons. The van der Waals surface area contributed by atoms with Crippen molar-refractivity contribution in [2.24, 2.45) is 0 Å². The molecule has 0 fully saturated rings. The lowest BCUT2D eigenvalue weighted by atomic mass is 10.0. The first-order valence-electron chi connectivity index (χ1n) is 11.6. The van der Waals surface area contributed by atoms with Gasteiger partial charge in [0.2, 0.25) is 0 Å². The van der Waals surface area contributed by atoms with Crippen LogP contribution >= 0.6 is 0 Å². The zero-order valence-electron chi connectivity index (χ0n) is 18.6. The monoisotopic (exact) mass is 403 g/mol. The fourth-order valence-electron chi connectivity index (χ4n) is 4.52. The van der Waals surface area contributed by atoms with Gasteiger partial charge in [-0.05, 0) is 44.2 Å². The van der Waals surface area contributed by atoms with Gasteiger partial charge < -0.3 is 12.4 Å². The molecule has 2 aromatic rings. The number of hydrogen-bond acceptors (Lipinski definition) is 0. The molecule has 2 heteroatoms. The molecule has 0 aliphatic rings. The van der Waals surface area contributed by atoms with Crippen LogP contribution in [0.4, 0.5) is 5.69 Å². The lowest BCUT2D eigenvalue weighted by Crippen LogP contribution is -3.00. The second kappa shape index (κ2) is 14.0. The molecule has 0 bridgehead atoms. The number of nitrogens with zero attached hydrogens (tertiary/aromatic N) is 1. The summed E-state index contributed by atoms with van der Waals surface area (Å²) in [6.45, 7) is 10.7. The zero-order valence-corrected chi connectivity index (χ0v) is 19.3. The van der Waals surface area contributed by atoms with Crippen LogP contribution in [0.2, 0.25) is 0 Å². The van der Waals surface area contributed by atoms with Crippen LogP contribution in [0.5, 0.6) is 0 Å². The van der Waals surface area contributed by atoms with Gasteiger partial charge in [-0.2, -0.15) is 0 Å². The molecule has 0 aliphatic heterocycles. The van der Waals surface area contributed by atoms with Crippen molar-refractivity contribution in [3.8, 4) is 0 Å². The number of rotatable bonds is 14. The fourth-order valence-corrected chi connectivity index (χ4v) is 4.52. The normalized spacial score (nSPS) is 11.5. The predicted molar refractivity (Wildman–Crippen MR) is 124 cm³/mol. The van der Waals surface area contributed by atoms with Crippen LogP contribution in [-0.4, -0.2) is 19.6 Å². The van der Waals surface area contributed by atoms with Crippen molar-refractivity contribution in [2.75, 3.05) is 19.6 Å². The predicted octanol–water partition coefficient (Wildman–Crippen LogP) is 5.11. The molecule has 2 rings (SSSR count). The third-order valence-electron chi connectivity index (χ3n) is 6.43. The quantitative estimate of drug-likeness (QED) is 0.303. The summed E-state index contributed by atoms with van der Waals surface area (Å²) < 4.78 is 1.12. The summed E-state index contributed by atoms with van der Waals surface area (Å²) in [5, 5.41) is 2.82. The van der Waals surface area contributed by atoms with E-state index in [1.165, 1.54) is 100 Å². The van der Waals surface area contributed by atoms with E-state index < -0.39 is 0 Å². The summed E-state index contributed by atoms with van der Waals surface area (Å²) in [7, 11) is 0. The average molecular weight is 404 g/mol. The second-order valence-electron chi connectivity index (χ2n) is 8.18. The van der Waals surface area contributed by atoms with E-state index in [1.54, 1.807) is 0 Å². The number of unbranched alkanes of at least 4 members (excludes halogenated alkanes) is 9. The minimum atomic E-state index is 0. The highest BCUT2D eigenvalue weighted by atomic mass is 35.5. The molecule has 2 aromatic carbocycles. The van der Waals surface area contributed by atoms with E-state index in [0.29, 0.717) is 0 Å². The maximum Gasteiger partial charge on any atom is 0.140 e. The van der Waals surface area contributed by atoms with Crippen LogP contribution in [0, 0.1) is 0 Å². The minimum Gasteiger partial charge on any atom is -1.00 e. The van der Waals surface area contributed by atoms with Gasteiger partial charge in [0.1, 0.15) is 5.69 Å². The number of fused-ring (bicyclic) bond motifs is 1. The Morgan fingerprint density at radius 3 is 1.75 bits per heavy atom. The molecule has 28 heavy (non-hydrogen) atoms. The van der Waals surface area contributed by atoms with E-state index in [-0.39, 0.29) is 12.4 Å². The van der Waals surface area contributed by atoms with Crippen LogP contribution in [0.15, 0.2) is 42.5 Å². The highest BCUT2D eigenvalue weighted by Crippen LogP contribution is 2.32. The smallest absolute Gasteiger partial charge is 0.140 e. The molecule has 0 aliphatic carbocycles. The van der Waals surface area contributed by atoms with Crippen molar-refractivity contribution in [1.29, 1.82) is 0 Å². The van der Waals surface area contributed by atoms with Gasteiger partial charge in [0, 0.05) is 5.39 Å². The molecule has 0 heterocycles. The van der Waals surface area contributed by atoms with Gasteiger partial charge in [-0.3, -0.25) is 4.48 Å². The Morgan fingerprint density at radius 1 is 0.607 bits per heavy atom. The SMILES string of the molecule is CCCCCCCCCCCC[N+](CC)(CC)c1cccc2ccccc12.[Cl-]. The van der Waals surface area contributed by atoms with Gasteiger partial charge in [-0.1, -0.05) is 88.6 Å². The first kappa shape index (κ1) is 25.0. The first-order valence-corrected chi connectivity index (χ1v) is 11.6. The van der Waals surface area contributed by atoms with Gasteiger partial charge >= 0.3 is 0 Å². The van der Waals surface area contributed by atoms with Crippen LogP contribution in [0.3, 0.4) is 0 Å². The Kier molecular flexibility index (Phi) is 12.5. The third kappa shape index (κ3) is 7.08. The largest absolute Gasteiger partial charge is 1.00 e. The standard InChI is InChI=1S/C26H42N.ClH/c1-4-7-8-9-10-11-12-13-14-17-23-27(5-2,6-3)26-22-18-20-24-19-15-16-21-25(24)26;/h15-16,18-22H,4-14,17,23H2,1-3H3;1H/q+1;/p-1. The summed E-state index contributed by atoms with van der Waals surface area (Å²) in [6.07, 6.45) is 14.1. The Balaban J connectivity index is 0.00000392. The molecule has 0 unspecified atom stereocenters. The molecule has 1 nitrogen and oxygen atoms in total.